The van der Waals surface area contributed by atoms with Gasteiger partial charge in [0.25, 0.3) is 0 Å². The summed E-state index contributed by atoms with van der Waals surface area (Å²) >= 11 is 0. The quantitative estimate of drug-likeness (QED) is 0.223. The fourth-order valence-electron chi connectivity index (χ4n) is 4.80. The molecule has 0 heterocycles. The van der Waals surface area contributed by atoms with E-state index in [1.165, 1.54) is 67.2 Å². The highest BCUT2D eigenvalue weighted by Gasteiger charge is 2.22. The molecule has 0 aromatic heterocycles. The summed E-state index contributed by atoms with van der Waals surface area (Å²) in [4.78, 5) is 0. The molecule has 1 unspecified atom stereocenters. The normalized spacial score (nSPS) is 10.7. The Morgan fingerprint density at radius 2 is 0.900 bits per heavy atom. The maximum atomic E-state index is 8.53. The molecule has 3 nitrogen and oxygen atoms in total. The van der Waals surface area contributed by atoms with E-state index in [1.54, 1.807) is 0 Å². The van der Waals surface area contributed by atoms with E-state index in [-0.39, 0.29) is 2.85 Å². The summed E-state index contributed by atoms with van der Waals surface area (Å²) in [6, 6.07) is 46.6. The van der Waals surface area contributed by atoms with Gasteiger partial charge in [-0.3, -0.25) is 0 Å². The van der Waals surface area contributed by atoms with Crippen LogP contribution >= 0.6 is 17.2 Å². The van der Waals surface area contributed by atoms with Gasteiger partial charge in [0.1, 0.15) is 0 Å². The Hall–Kier alpha value is -3.10. The van der Waals surface area contributed by atoms with Crippen molar-refractivity contribution < 1.29 is 17.9 Å². The van der Waals surface area contributed by atoms with Crippen LogP contribution in [0.1, 0.15) is 22.6 Å². The largest absolute Gasteiger partial charge is 1.00 e. The van der Waals surface area contributed by atoms with Crippen molar-refractivity contribution in [2.45, 2.75) is 19.8 Å². The Morgan fingerprint density at radius 1 is 0.600 bits per heavy atom. The molecule has 40 heavy (non-hydrogen) atoms. The Kier molecular flexibility index (Phi) is 11.2. The second-order valence-corrected chi connectivity index (χ2v) is 12.0. The smallest absolute Gasteiger partial charge is 0.871 e. The summed E-state index contributed by atoms with van der Waals surface area (Å²) in [5.41, 5.74) is 0. The summed E-state index contributed by atoms with van der Waals surface area (Å²) in [7, 11) is -0.712. The van der Waals surface area contributed by atoms with E-state index in [4.69, 9.17) is 15.1 Å². The topological polar surface area (TPSA) is 66.3 Å². The highest BCUT2D eigenvalue weighted by molar-refractivity contribution is 7.81. The fourth-order valence-corrected chi connectivity index (χ4v) is 8.03. The molecule has 0 aliphatic rings. The van der Waals surface area contributed by atoms with Crippen LogP contribution in [0.25, 0.3) is 32.3 Å². The lowest BCUT2D eigenvalue weighted by molar-refractivity contribution is -0.376. The lowest BCUT2D eigenvalue weighted by atomic mass is 10.1. The molecule has 0 bridgehead atoms. The van der Waals surface area contributed by atoms with Gasteiger partial charge >= 0.3 is 2.85 Å². The van der Waals surface area contributed by atoms with Gasteiger partial charge in [0.05, 0.1) is 7.32 Å². The molecule has 0 fully saturated rings. The number of rotatable bonds is 5. The van der Waals surface area contributed by atoms with E-state index in [9.17, 15) is 0 Å². The van der Waals surface area contributed by atoms with Gasteiger partial charge < -0.3 is 15.1 Å². The van der Waals surface area contributed by atoms with Gasteiger partial charge in [-0.25, -0.2) is 0 Å². The predicted molar refractivity (Wildman–Crippen MR) is 177 cm³/mol. The molecule has 6 aromatic rings. The SMILES string of the molecule is CCCCP.[H+].[H+].[O-]B([O-])O.c1ccc2c(P(c3cccc4ccccc34)c3cccc4ccccc34)cccc2c1. The lowest BCUT2D eigenvalue weighted by Gasteiger charge is -2.24. The molecule has 0 spiro atoms. The zero-order chi connectivity index (χ0) is 28.3. The molecule has 1 N–H and O–H groups in total. The third kappa shape index (κ3) is 7.35. The zero-order valence-electron chi connectivity index (χ0n) is 24.6. The molecule has 0 radical (unpaired) electrons. The Morgan fingerprint density at radius 3 is 1.18 bits per heavy atom. The van der Waals surface area contributed by atoms with Crippen LogP contribution in [0.2, 0.25) is 0 Å². The van der Waals surface area contributed by atoms with Gasteiger partial charge in [-0.15, -0.1) is 9.24 Å². The molecule has 202 valence electrons. The van der Waals surface area contributed by atoms with Crippen LogP contribution in [0.4, 0.5) is 0 Å². The van der Waals surface area contributed by atoms with Crippen LogP contribution in [-0.2, 0) is 0 Å². The number of hydrogen-bond donors (Lipinski definition) is 1. The van der Waals surface area contributed by atoms with E-state index in [0.29, 0.717) is 0 Å². The third-order valence-electron chi connectivity index (χ3n) is 6.58. The van der Waals surface area contributed by atoms with E-state index < -0.39 is 15.2 Å². The van der Waals surface area contributed by atoms with Crippen molar-refractivity contribution in [1.82, 2.24) is 0 Å². The van der Waals surface area contributed by atoms with Crippen molar-refractivity contribution in [1.29, 1.82) is 0 Å². The fraction of sp³-hybridized carbons (Fsp3) is 0.118. The number of fused-ring (bicyclic) bond motifs is 3. The molecule has 6 heteroatoms. The maximum Gasteiger partial charge on any atom is 1.00 e. The zero-order valence-corrected chi connectivity index (χ0v) is 24.7. The Balaban J connectivity index is 0.000000496. The average Bonchev–Trinajstić information content (AvgIpc) is 2.98. The van der Waals surface area contributed by atoms with Crippen molar-refractivity contribution in [3.63, 3.8) is 0 Å². The monoisotopic (exact) mass is 564 g/mol. The third-order valence-corrected chi connectivity index (χ3v) is 9.60. The summed E-state index contributed by atoms with van der Waals surface area (Å²) in [5, 5.41) is 36.2. The second-order valence-electron chi connectivity index (χ2n) is 9.28. The number of unbranched alkanes of at least 4 members (excludes halogenated alkanes) is 1. The molecule has 6 rings (SSSR count). The standard InChI is InChI=1S/C30H21P.C4H11P.BHO3/c1-4-16-25-22(10-1)13-7-19-28(25)31(29-20-8-14-23-11-2-5-17-26(23)29)30-21-9-15-24-12-3-6-18-27(24)30;1-2-3-4-5;2-1(3)4/h1-21H;2-5H2,1H3;2H/q;;-2/p+2. The van der Waals surface area contributed by atoms with E-state index in [0.717, 1.165) is 0 Å². The van der Waals surface area contributed by atoms with Crippen molar-refractivity contribution >= 4 is 72.7 Å². The average molecular weight is 564 g/mol. The van der Waals surface area contributed by atoms with Gasteiger partial charge in [-0.2, -0.15) is 0 Å². The summed E-state index contributed by atoms with van der Waals surface area (Å²) in [5.74, 6) is 0. The van der Waals surface area contributed by atoms with Gasteiger partial charge in [0.2, 0.25) is 0 Å². The molecule has 0 amide bonds. The minimum Gasteiger partial charge on any atom is -0.871 e. The molecular formula is C34H35BO3P2. The molecule has 6 aromatic carbocycles. The van der Waals surface area contributed by atoms with Crippen LogP contribution < -0.4 is 26.0 Å². The van der Waals surface area contributed by atoms with E-state index in [1.807, 2.05) is 0 Å². The van der Waals surface area contributed by atoms with E-state index in [2.05, 4.69) is 144 Å². The summed E-state index contributed by atoms with van der Waals surface area (Å²) in [6.45, 7) is 2.20. The molecular weight excluding hydrogens is 529 g/mol. The molecule has 0 aliphatic heterocycles. The summed E-state index contributed by atoms with van der Waals surface area (Å²) in [6.07, 6.45) is 3.94. The Labute approximate surface area is 243 Å². The van der Waals surface area contributed by atoms with Gasteiger partial charge in [0, 0.05) is 0 Å². The first-order valence-electron chi connectivity index (χ1n) is 13.5. The van der Waals surface area contributed by atoms with Crippen molar-refractivity contribution in [2.75, 3.05) is 6.16 Å². The van der Waals surface area contributed by atoms with Crippen molar-refractivity contribution in [3.8, 4) is 0 Å². The van der Waals surface area contributed by atoms with Crippen LogP contribution in [0.15, 0.2) is 127 Å². The first kappa shape index (κ1) is 29.9. The Bertz CT molecular complexity index is 1470. The van der Waals surface area contributed by atoms with Crippen LogP contribution in [0.3, 0.4) is 0 Å². The van der Waals surface area contributed by atoms with Crippen LogP contribution in [-0.4, -0.2) is 18.5 Å². The van der Waals surface area contributed by atoms with Crippen LogP contribution in [0, 0.1) is 0 Å². The maximum absolute atomic E-state index is 8.53. The van der Waals surface area contributed by atoms with E-state index >= 15 is 0 Å². The summed E-state index contributed by atoms with van der Waals surface area (Å²) < 4.78 is 0. The predicted octanol–water partition coefficient (Wildman–Crippen LogP) is 5.48. The molecule has 0 aliphatic carbocycles. The number of hydrogen-bond acceptors (Lipinski definition) is 3. The van der Waals surface area contributed by atoms with Crippen molar-refractivity contribution in [3.05, 3.63) is 127 Å². The molecule has 0 saturated carbocycles. The number of benzene rings is 6. The second kappa shape index (κ2) is 15.1. The van der Waals surface area contributed by atoms with Gasteiger partial charge in [-0.1, -0.05) is 147 Å². The van der Waals surface area contributed by atoms with Gasteiger partial charge in [0.15, 0.2) is 0 Å². The molecule has 0 saturated heterocycles. The minimum atomic E-state index is -2.67. The minimum absolute atomic E-state index is 0. The lowest BCUT2D eigenvalue weighted by Crippen LogP contribution is -2.44. The first-order valence-corrected chi connectivity index (χ1v) is 15.6. The highest BCUT2D eigenvalue weighted by atomic mass is 31.1. The molecule has 1 atom stereocenters. The highest BCUT2D eigenvalue weighted by Crippen LogP contribution is 2.40. The first-order chi connectivity index (χ1) is 19.5. The van der Waals surface area contributed by atoms with Crippen molar-refractivity contribution in [2.24, 2.45) is 0 Å². The van der Waals surface area contributed by atoms with Crippen LogP contribution in [0.5, 0.6) is 0 Å². The van der Waals surface area contributed by atoms with Gasteiger partial charge in [-0.05, 0) is 62.3 Å².